The first kappa shape index (κ1) is 8.94. The van der Waals surface area contributed by atoms with Crippen LogP contribution in [0.5, 0.6) is 0 Å². The van der Waals surface area contributed by atoms with E-state index in [1.807, 2.05) is 32.0 Å². The number of hydrogen-bond donors (Lipinski definition) is 1. The first-order chi connectivity index (χ1) is 5.65. The van der Waals surface area contributed by atoms with E-state index in [0.29, 0.717) is 11.8 Å². The molecule has 1 aromatic carbocycles. The normalized spacial score (nSPS) is 12.6. The number of hydrogen-bond acceptors (Lipinski definition) is 2. The van der Waals surface area contributed by atoms with Gasteiger partial charge in [0.05, 0.1) is 0 Å². The summed E-state index contributed by atoms with van der Waals surface area (Å²) in [6.45, 7) is 3.81. The van der Waals surface area contributed by atoms with Gasteiger partial charge in [-0.3, -0.25) is 0 Å². The standard InChI is InChI=1S/C10H12O2/c1-7-3-4-8(2)9(5-7)10(12)6-11/h3-6,10,12H,1-2H3. The molecule has 1 aromatic rings. The van der Waals surface area contributed by atoms with E-state index >= 15 is 0 Å². The maximum atomic E-state index is 10.3. The molecular weight excluding hydrogens is 152 g/mol. The van der Waals surface area contributed by atoms with E-state index in [-0.39, 0.29) is 0 Å². The zero-order chi connectivity index (χ0) is 9.14. The molecule has 0 bridgehead atoms. The third-order valence-electron chi connectivity index (χ3n) is 1.88. The number of aldehydes is 1. The molecule has 0 aromatic heterocycles. The van der Waals surface area contributed by atoms with E-state index in [0.717, 1.165) is 11.1 Å². The largest absolute Gasteiger partial charge is 0.381 e. The molecule has 0 heterocycles. The molecular formula is C10H12O2. The fraction of sp³-hybridized carbons (Fsp3) is 0.300. The van der Waals surface area contributed by atoms with Crippen LogP contribution in [0.15, 0.2) is 18.2 Å². The van der Waals surface area contributed by atoms with E-state index < -0.39 is 6.10 Å². The third-order valence-corrected chi connectivity index (χ3v) is 1.88. The molecule has 12 heavy (non-hydrogen) atoms. The predicted octanol–water partition coefficient (Wildman–Crippen LogP) is 1.54. The van der Waals surface area contributed by atoms with Crippen molar-refractivity contribution in [3.8, 4) is 0 Å². The van der Waals surface area contributed by atoms with Gasteiger partial charge in [0, 0.05) is 0 Å². The molecule has 0 saturated carbocycles. The van der Waals surface area contributed by atoms with Crippen LogP contribution in [-0.2, 0) is 4.79 Å². The van der Waals surface area contributed by atoms with Crippen LogP contribution in [0.3, 0.4) is 0 Å². The lowest BCUT2D eigenvalue weighted by Crippen LogP contribution is -2.01. The Morgan fingerprint density at radius 3 is 2.67 bits per heavy atom. The molecule has 2 heteroatoms. The van der Waals surface area contributed by atoms with Gasteiger partial charge in [0.25, 0.3) is 0 Å². The zero-order valence-corrected chi connectivity index (χ0v) is 7.24. The number of rotatable bonds is 2. The summed E-state index contributed by atoms with van der Waals surface area (Å²) in [5, 5.41) is 9.27. The summed E-state index contributed by atoms with van der Waals surface area (Å²) in [5.74, 6) is 0. The highest BCUT2D eigenvalue weighted by atomic mass is 16.3. The molecule has 64 valence electrons. The monoisotopic (exact) mass is 164 g/mol. The minimum Gasteiger partial charge on any atom is -0.381 e. The second-order valence-corrected chi connectivity index (χ2v) is 2.94. The van der Waals surface area contributed by atoms with Gasteiger partial charge in [-0.25, -0.2) is 0 Å². The fourth-order valence-corrected chi connectivity index (χ4v) is 1.15. The van der Waals surface area contributed by atoms with Crippen LogP contribution in [0.25, 0.3) is 0 Å². The van der Waals surface area contributed by atoms with E-state index in [9.17, 15) is 9.90 Å². The van der Waals surface area contributed by atoms with Gasteiger partial charge in [-0.15, -0.1) is 0 Å². The minimum atomic E-state index is -0.982. The summed E-state index contributed by atoms with van der Waals surface area (Å²) in [6, 6.07) is 5.68. The van der Waals surface area contributed by atoms with Crippen LogP contribution in [0, 0.1) is 13.8 Å². The third kappa shape index (κ3) is 1.71. The molecule has 0 spiro atoms. The van der Waals surface area contributed by atoms with Gasteiger partial charge in [0.1, 0.15) is 6.10 Å². The molecule has 0 aliphatic rings. The van der Waals surface area contributed by atoms with Crippen LogP contribution >= 0.6 is 0 Å². The summed E-state index contributed by atoms with van der Waals surface area (Å²) in [6.07, 6.45) is -0.438. The maximum Gasteiger partial charge on any atom is 0.153 e. The summed E-state index contributed by atoms with van der Waals surface area (Å²) in [5.41, 5.74) is 2.70. The highest BCUT2D eigenvalue weighted by Crippen LogP contribution is 2.17. The number of carbonyl (C=O) groups is 1. The zero-order valence-electron chi connectivity index (χ0n) is 7.24. The van der Waals surface area contributed by atoms with Gasteiger partial charge in [-0.2, -0.15) is 0 Å². The van der Waals surface area contributed by atoms with Crippen molar-refractivity contribution in [3.63, 3.8) is 0 Å². The van der Waals surface area contributed by atoms with Crippen molar-refractivity contribution in [3.05, 3.63) is 34.9 Å². The van der Waals surface area contributed by atoms with Gasteiger partial charge in [-0.05, 0) is 25.0 Å². The smallest absolute Gasteiger partial charge is 0.153 e. The number of carbonyl (C=O) groups excluding carboxylic acids is 1. The summed E-state index contributed by atoms with van der Waals surface area (Å²) in [7, 11) is 0. The van der Waals surface area contributed by atoms with Crippen molar-refractivity contribution >= 4 is 6.29 Å². The molecule has 1 rings (SSSR count). The summed E-state index contributed by atoms with van der Waals surface area (Å²) >= 11 is 0. The molecule has 2 nitrogen and oxygen atoms in total. The minimum absolute atomic E-state index is 0.543. The molecule has 1 unspecified atom stereocenters. The average molecular weight is 164 g/mol. The Labute approximate surface area is 71.8 Å². The molecule has 0 amide bonds. The number of aryl methyl sites for hydroxylation is 2. The lowest BCUT2D eigenvalue weighted by Gasteiger charge is -2.07. The van der Waals surface area contributed by atoms with Crippen LogP contribution in [0.4, 0.5) is 0 Å². The Kier molecular flexibility index (Phi) is 2.61. The van der Waals surface area contributed by atoms with Gasteiger partial charge in [-0.1, -0.05) is 23.8 Å². The maximum absolute atomic E-state index is 10.3. The van der Waals surface area contributed by atoms with Crippen molar-refractivity contribution in [2.75, 3.05) is 0 Å². The highest BCUT2D eigenvalue weighted by molar-refractivity contribution is 5.60. The van der Waals surface area contributed by atoms with Crippen LogP contribution in [0.2, 0.25) is 0 Å². The molecule has 0 aliphatic heterocycles. The van der Waals surface area contributed by atoms with E-state index in [4.69, 9.17) is 0 Å². The van der Waals surface area contributed by atoms with Gasteiger partial charge in [0.2, 0.25) is 0 Å². The van der Waals surface area contributed by atoms with Gasteiger partial charge < -0.3 is 9.90 Å². The summed E-state index contributed by atoms with van der Waals surface area (Å²) < 4.78 is 0. The first-order valence-electron chi connectivity index (χ1n) is 3.85. The van der Waals surface area contributed by atoms with Crippen molar-refractivity contribution in [2.24, 2.45) is 0 Å². The second kappa shape index (κ2) is 3.50. The molecule has 0 fully saturated rings. The Hall–Kier alpha value is -1.15. The lowest BCUT2D eigenvalue weighted by molar-refractivity contribution is -0.115. The molecule has 0 aliphatic carbocycles. The quantitative estimate of drug-likeness (QED) is 0.673. The van der Waals surface area contributed by atoms with Crippen LogP contribution in [0.1, 0.15) is 22.8 Å². The molecule has 1 atom stereocenters. The fourth-order valence-electron chi connectivity index (χ4n) is 1.15. The lowest BCUT2D eigenvalue weighted by atomic mass is 10.0. The SMILES string of the molecule is Cc1ccc(C)c(C(O)C=O)c1. The van der Waals surface area contributed by atoms with Crippen molar-refractivity contribution in [2.45, 2.75) is 20.0 Å². The van der Waals surface area contributed by atoms with Crippen molar-refractivity contribution in [1.82, 2.24) is 0 Å². The Bertz CT molecular complexity index is 292. The highest BCUT2D eigenvalue weighted by Gasteiger charge is 2.07. The van der Waals surface area contributed by atoms with Crippen LogP contribution in [-0.4, -0.2) is 11.4 Å². The Morgan fingerprint density at radius 2 is 2.08 bits per heavy atom. The Balaban J connectivity index is 3.12. The van der Waals surface area contributed by atoms with Gasteiger partial charge in [0.15, 0.2) is 6.29 Å². The van der Waals surface area contributed by atoms with E-state index in [2.05, 4.69) is 0 Å². The first-order valence-corrected chi connectivity index (χ1v) is 3.85. The predicted molar refractivity (Wildman–Crippen MR) is 46.9 cm³/mol. The molecule has 0 saturated heterocycles. The van der Waals surface area contributed by atoms with Gasteiger partial charge >= 0.3 is 0 Å². The number of aliphatic hydroxyl groups is 1. The average Bonchev–Trinajstić information content (AvgIpc) is 2.08. The second-order valence-electron chi connectivity index (χ2n) is 2.94. The number of benzene rings is 1. The van der Waals surface area contributed by atoms with E-state index in [1.54, 1.807) is 0 Å². The Morgan fingerprint density at radius 1 is 1.42 bits per heavy atom. The number of aliphatic hydroxyl groups excluding tert-OH is 1. The van der Waals surface area contributed by atoms with Crippen molar-refractivity contribution in [1.29, 1.82) is 0 Å². The molecule has 0 radical (unpaired) electrons. The molecule has 1 N–H and O–H groups in total. The van der Waals surface area contributed by atoms with Crippen LogP contribution < -0.4 is 0 Å². The summed E-state index contributed by atoms with van der Waals surface area (Å²) in [4.78, 5) is 10.3. The van der Waals surface area contributed by atoms with E-state index in [1.165, 1.54) is 0 Å². The topological polar surface area (TPSA) is 37.3 Å². The van der Waals surface area contributed by atoms with Crippen molar-refractivity contribution < 1.29 is 9.90 Å².